The van der Waals surface area contributed by atoms with Gasteiger partial charge >= 0.3 is 0 Å². The van der Waals surface area contributed by atoms with Crippen LogP contribution in [0.4, 0.5) is 10.1 Å². The van der Waals surface area contributed by atoms with E-state index in [1.54, 1.807) is 6.07 Å². The summed E-state index contributed by atoms with van der Waals surface area (Å²) in [5.74, 6) is -0.312. The summed E-state index contributed by atoms with van der Waals surface area (Å²) in [4.78, 5) is 14.4. The molecule has 2 nitrogen and oxygen atoms in total. The third-order valence-corrected chi connectivity index (χ3v) is 4.26. The van der Waals surface area contributed by atoms with E-state index in [1.165, 1.54) is 12.1 Å². The van der Waals surface area contributed by atoms with E-state index in [-0.39, 0.29) is 11.7 Å². The van der Waals surface area contributed by atoms with E-state index in [4.69, 9.17) is 0 Å². The summed E-state index contributed by atoms with van der Waals surface area (Å²) in [5, 5.41) is 0. The second-order valence-electron chi connectivity index (χ2n) is 5.41. The molecule has 19 heavy (non-hydrogen) atoms. The lowest BCUT2D eigenvalue weighted by Gasteiger charge is -2.28. The van der Waals surface area contributed by atoms with Gasteiger partial charge in [-0.3, -0.25) is 9.69 Å². The number of para-hydroxylation sites is 1. The molecule has 0 spiro atoms. The maximum atomic E-state index is 13.5. The van der Waals surface area contributed by atoms with Crippen LogP contribution in [-0.4, -0.2) is 5.91 Å². The third-order valence-electron chi connectivity index (χ3n) is 4.26. The minimum absolute atomic E-state index is 0.0255. The van der Waals surface area contributed by atoms with E-state index < -0.39 is 5.54 Å². The Balaban J connectivity index is 2.00. The maximum absolute atomic E-state index is 13.5. The van der Waals surface area contributed by atoms with Crippen molar-refractivity contribution in [2.75, 3.05) is 4.90 Å². The molecular formula is C16H12FNO. The molecule has 0 N–H and O–H groups in total. The van der Waals surface area contributed by atoms with Crippen molar-refractivity contribution < 1.29 is 9.18 Å². The topological polar surface area (TPSA) is 20.3 Å². The van der Waals surface area contributed by atoms with Gasteiger partial charge in [-0.2, -0.15) is 0 Å². The molecular weight excluding hydrogens is 241 g/mol. The number of fused-ring (bicyclic) bond motifs is 5. The van der Waals surface area contributed by atoms with Gasteiger partial charge in [-0.05, 0) is 42.3 Å². The van der Waals surface area contributed by atoms with Crippen LogP contribution in [0, 0.1) is 5.82 Å². The molecule has 0 fully saturated rings. The number of hydrogen-bond donors (Lipinski definition) is 0. The summed E-state index contributed by atoms with van der Waals surface area (Å²) < 4.78 is 13.5. The van der Waals surface area contributed by atoms with Crippen LogP contribution in [0.1, 0.15) is 28.4 Å². The fourth-order valence-corrected chi connectivity index (χ4v) is 3.41. The van der Waals surface area contributed by atoms with E-state index in [0.717, 1.165) is 23.2 Å². The molecule has 3 heteroatoms. The first-order valence-corrected chi connectivity index (χ1v) is 6.34. The average molecular weight is 253 g/mol. The van der Waals surface area contributed by atoms with Crippen molar-refractivity contribution in [2.45, 2.75) is 18.9 Å². The van der Waals surface area contributed by atoms with Crippen molar-refractivity contribution in [3.05, 3.63) is 65.0 Å². The molecule has 2 aromatic carbocycles. The summed E-state index contributed by atoms with van der Waals surface area (Å²) in [6, 6.07) is 12.3. The number of rotatable bonds is 0. The Morgan fingerprint density at radius 1 is 1.21 bits per heavy atom. The van der Waals surface area contributed by atoms with Gasteiger partial charge in [0, 0.05) is 17.7 Å². The molecule has 1 amide bonds. The fraction of sp³-hybridized carbons (Fsp3) is 0.188. The smallest absolute Gasteiger partial charge is 0.259 e. The molecule has 0 saturated carbocycles. The summed E-state index contributed by atoms with van der Waals surface area (Å²) in [6.45, 7) is 2.01. The van der Waals surface area contributed by atoms with E-state index in [0.29, 0.717) is 5.56 Å². The molecule has 2 aromatic rings. The monoisotopic (exact) mass is 253 g/mol. The number of amides is 1. The predicted octanol–water partition coefficient (Wildman–Crippen LogP) is 3.26. The Morgan fingerprint density at radius 2 is 2.00 bits per heavy atom. The highest BCUT2D eigenvalue weighted by Crippen LogP contribution is 2.50. The van der Waals surface area contributed by atoms with E-state index in [1.807, 2.05) is 36.1 Å². The van der Waals surface area contributed by atoms with Crippen LogP contribution in [0.25, 0.3) is 0 Å². The van der Waals surface area contributed by atoms with Crippen molar-refractivity contribution in [2.24, 2.45) is 0 Å². The zero-order valence-corrected chi connectivity index (χ0v) is 10.5. The number of halogens is 1. The standard InChI is InChI=1S/C16H12FNO/c1-16-9-10-4-2-3-5-14(10)18(16)15(19)12-7-6-11(17)8-13(12)16/h2-8H,9H2,1H3/t16-/m0/s1. The highest BCUT2D eigenvalue weighted by molar-refractivity contribution is 6.13. The van der Waals surface area contributed by atoms with Crippen LogP contribution in [0.2, 0.25) is 0 Å². The van der Waals surface area contributed by atoms with Crippen LogP contribution < -0.4 is 4.90 Å². The Kier molecular flexibility index (Phi) is 1.83. The minimum atomic E-state index is -0.446. The highest BCUT2D eigenvalue weighted by atomic mass is 19.1. The van der Waals surface area contributed by atoms with Crippen molar-refractivity contribution in [1.82, 2.24) is 0 Å². The summed E-state index contributed by atoms with van der Waals surface area (Å²) in [5.41, 5.74) is 3.07. The van der Waals surface area contributed by atoms with Crippen LogP contribution in [0.3, 0.4) is 0 Å². The first kappa shape index (κ1) is 10.7. The second-order valence-corrected chi connectivity index (χ2v) is 5.41. The van der Waals surface area contributed by atoms with Crippen molar-refractivity contribution in [3.63, 3.8) is 0 Å². The SMILES string of the molecule is C[C@@]12Cc3ccccc3N1C(=O)c1ccc(F)cc12. The molecule has 2 heterocycles. The largest absolute Gasteiger partial charge is 0.298 e. The van der Waals surface area contributed by atoms with E-state index >= 15 is 0 Å². The van der Waals surface area contributed by atoms with Gasteiger partial charge in [0.1, 0.15) is 5.82 Å². The molecule has 0 aromatic heterocycles. The van der Waals surface area contributed by atoms with Gasteiger partial charge in [0.05, 0.1) is 5.54 Å². The quantitative estimate of drug-likeness (QED) is 0.705. The normalized spacial score (nSPS) is 23.3. The lowest BCUT2D eigenvalue weighted by Crippen LogP contribution is -2.38. The summed E-state index contributed by atoms with van der Waals surface area (Å²) in [7, 11) is 0. The van der Waals surface area contributed by atoms with Gasteiger partial charge in [0.25, 0.3) is 5.91 Å². The Morgan fingerprint density at radius 3 is 2.84 bits per heavy atom. The zero-order valence-electron chi connectivity index (χ0n) is 10.5. The maximum Gasteiger partial charge on any atom is 0.259 e. The molecule has 2 aliphatic heterocycles. The van der Waals surface area contributed by atoms with Gasteiger partial charge < -0.3 is 0 Å². The molecule has 0 unspecified atom stereocenters. The number of carbonyl (C=O) groups is 1. The predicted molar refractivity (Wildman–Crippen MR) is 70.7 cm³/mol. The molecule has 94 valence electrons. The van der Waals surface area contributed by atoms with Gasteiger partial charge in [-0.1, -0.05) is 18.2 Å². The summed E-state index contributed by atoms with van der Waals surface area (Å²) in [6.07, 6.45) is 0.741. The molecule has 0 saturated heterocycles. The first-order chi connectivity index (χ1) is 9.11. The van der Waals surface area contributed by atoms with Crippen LogP contribution in [0.15, 0.2) is 42.5 Å². The number of nitrogens with zero attached hydrogens (tertiary/aromatic N) is 1. The molecule has 0 aliphatic carbocycles. The van der Waals surface area contributed by atoms with Crippen LogP contribution in [0.5, 0.6) is 0 Å². The Labute approximate surface area is 110 Å². The van der Waals surface area contributed by atoms with Gasteiger partial charge in [0.15, 0.2) is 0 Å². The first-order valence-electron chi connectivity index (χ1n) is 6.34. The second kappa shape index (κ2) is 3.23. The molecule has 4 rings (SSSR count). The number of hydrogen-bond acceptors (Lipinski definition) is 1. The molecule has 2 aliphatic rings. The number of benzene rings is 2. The van der Waals surface area contributed by atoms with E-state index in [2.05, 4.69) is 0 Å². The van der Waals surface area contributed by atoms with Gasteiger partial charge in [-0.15, -0.1) is 0 Å². The van der Waals surface area contributed by atoms with Gasteiger partial charge in [0.2, 0.25) is 0 Å². The lowest BCUT2D eigenvalue weighted by molar-refractivity contribution is 0.0983. The Hall–Kier alpha value is -2.16. The number of carbonyl (C=O) groups excluding carboxylic acids is 1. The Bertz CT molecular complexity index is 724. The van der Waals surface area contributed by atoms with Crippen LogP contribution >= 0.6 is 0 Å². The average Bonchev–Trinajstić information content (AvgIpc) is 2.80. The van der Waals surface area contributed by atoms with Crippen LogP contribution in [-0.2, 0) is 12.0 Å². The number of anilines is 1. The third kappa shape index (κ3) is 1.17. The fourth-order valence-electron chi connectivity index (χ4n) is 3.41. The van der Waals surface area contributed by atoms with Crippen molar-refractivity contribution in [3.8, 4) is 0 Å². The molecule has 0 bridgehead atoms. The highest BCUT2D eigenvalue weighted by Gasteiger charge is 2.51. The molecule has 0 radical (unpaired) electrons. The van der Waals surface area contributed by atoms with Crippen molar-refractivity contribution >= 4 is 11.6 Å². The van der Waals surface area contributed by atoms with Gasteiger partial charge in [-0.25, -0.2) is 4.39 Å². The summed E-state index contributed by atoms with van der Waals surface area (Å²) >= 11 is 0. The van der Waals surface area contributed by atoms with Crippen molar-refractivity contribution in [1.29, 1.82) is 0 Å². The minimum Gasteiger partial charge on any atom is -0.298 e. The van der Waals surface area contributed by atoms with E-state index in [9.17, 15) is 9.18 Å². The zero-order chi connectivity index (χ0) is 13.2. The lowest BCUT2D eigenvalue weighted by atomic mass is 9.88. The molecule has 1 atom stereocenters.